The molecule has 1 heterocycles. The van der Waals surface area contributed by atoms with E-state index in [4.69, 9.17) is 4.74 Å². The first kappa shape index (κ1) is 15.3. The average molecular weight is 287 g/mol. The molecule has 0 saturated carbocycles. The molecule has 0 bridgehead atoms. The zero-order valence-corrected chi connectivity index (χ0v) is 11.5. The predicted molar refractivity (Wildman–Crippen MR) is 71.5 cm³/mol. The van der Waals surface area contributed by atoms with E-state index in [1.54, 1.807) is 6.07 Å². The lowest BCUT2D eigenvalue weighted by molar-refractivity contribution is -0.137. The summed E-state index contributed by atoms with van der Waals surface area (Å²) in [6, 6.07) is 5.81. The second-order valence-corrected chi connectivity index (χ2v) is 5.25. The van der Waals surface area contributed by atoms with Gasteiger partial charge in [-0.25, -0.2) is 0 Å². The fourth-order valence-corrected chi connectivity index (χ4v) is 2.75. The maximum Gasteiger partial charge on any atom is 0.416 e. The molecule has 5 heteroatoms. The molecule has 20 heavy (non-hydrogen) atoms. The van der Waals surface area contributed by atoms with Crippen LogP contribution >= 0.6 is 0 Å². The molecule has 0 aliphatic carbocycles. The molecule has 0 spiro atoms. The summed E-state index contributed by atoms with van der Waals surface area (Å²) in [4.78, 5) is 0. The first-order chi connectivity index (χ1) is 9.50. The maximum absolute atomic E-state index is 12.7. The van der Waals surface area contributed by atoms with Crippen molar-refractivity contribution in [3.8, 4) is 0 Å². The van der Waals surface area contributed by atoms with Gasteiger partial charge in [0.2, 0.25) is 0 Å². The van der Waals surface area contributed by atoms with Crippen molar-refractivity contribution in [2.75, 3.05) is 20.3 Å². The second kappa shape index (κ2) is 6.59. The normalized spacial score (nSPS) is 19.0. The van der Waals surface area contributed by atoms with Crippen LogP contribution in [-0.2, 0) is 17.3 Å². The van der Waals surface area contributed by atoms with Crippen molar-refractivity contribution in [1.82, 2.24) is 5.32 Å². The van der Waals surface area contributed by atoms with Gasteiger partial charge in [-0.05, 0) is 43.9 Å². The van der Waals surface area contributed by atoms with E-state index in [9.17, 15) is 13.2 Å². The highest BCUT2D eigenvalue weighted by Crippen LogP contribution is 2.30. The molecule has 1 aliphatic heterocycles. The van der Waals surface area contributed by atoms with Crippen LogP contribution in [0.5, 0.6) is 0 Å². The van der Waals surface area contributed by atoms with Gasteiger partial charge in [0.05, 0.1) is 5.56 Å². The van der Waals surface area contributed by atoms with Gasteiger partial charge in [0.1, 0.15) is 0 Å². The van der Waals surface area contributed by atoms with Crippen LogP contribution in [0.2, 0.25) is 0 Å². The fraction of sp³-hybridized carbons (Fsp3) is 0.600. The number of halogens is 3. The van der Waals surface area contributed by atoms with Crippen molar-refractivity contribution in [3.05, 3.63) is 35.4 Å². The molecular formula is C15H20F3NO. The van der Waals surface area contributed by atoms with E-state index in [0.29, 0.717) is 12.3 Å². The minimum atomic E-state index is -4.27. The minimum absolute atomic E-state index is 0.197. The highest BCUT2D eigenvalue weighted by atomic mass is 19.4. The first-order valence-corrected chi connectivity index (χ1v) is 6.92. The smallest absolute Gasteiger partial charge is 0.381 e. The van der Waals surface area contributed by atoms with Crippen LogP contribution in [0.3, 0.4) is 0 Å². The second-order valence-electron chi connectivity index (χ2n) is 5.25. The van der Waals surface area contributed by atoms with Crippen LogP contribution in [0, 0.1) is 5.92 Å². The quantitative estimate of drug-likeness (QED) is 0.917. The van der Waals surface area contributed by atoms with Gasteiger partial charge >= 0.3 is 6.18 Å². The van der Waals surface area contributed by atoms with Crippen molar-refractivity contribution >= 4 is 0 Å². The zero-order valence-electron chi connectivity index (χ0n) is 11.5. The van der Waals surface area contributed by atoms with E-state index < -0.39 is 11.7 Å². The third-order valence-electron chi connectivity index (χ3n) is 3.92. The van der Waals surface area contributed by atoms with Crippen LogP contribution in [0.25, 0.3) is 0 Å². The predicted octanol–water partition coefficient (Wildman–Crippen LogP) is 3.26. The highest BCUT2D eigenvalue weighted by Gasteiger charge is 2.31. The summed E-state index contributed by atoms with van der Waals surface area (Å²) in [6.07, 6.45) is -1.73. The van der Waals surface area contributed by atoms with Gasteiger partial charge in [-0.15, -0.1) is 0 Å². The largest absolute Gasteiger partial charge is 0.416 e. The van der Waals surface area contributed by atoms with E-state index in [2.05, 4.69) is 5.32 Å². The van der Waals surface area contributed by atoms with Gasteiger partial charge in [-0.2, -0.15) is 13.2 Å². The lowest BCUT2D eigenvalue weighted by Gasteiger charge is -2.30. The van der Waals surface area contributed by atoms with Crippen LogP contribution in [0.4, 0.5) is 13.2 Å². The summed E-state index contributed by atoms with van der Waals surface area (Å²) in [5, 5.41) is 3.24. The van der Waals surface area contributed by atoms with E-state index in [1.807, 2.05) is 7.05 Å². The monoisotopic (exact) mass is 287 g/mol. The Morgan fingerprint density at radius 1 is 1.30 bits per heavy atom. The molecule has 1 saturated heterocycles. The Kier molecular flexibility index (Phi) is 5.05. The summed E-state index contributed by atoms with van der Waals surface area (Å²) in [7, 11) is 1.87. The molecule has 1 fully saturated rings. The lowest BCUT2D eigenvalue weighted by Crippen LogP contribution is -2.38. The van der Waals surface area contributed by atoms with Gasteiger partial charge in [0, 0.05) is 19.3 Å². The van der Waals surface area contributed by atoms with Gasteiger partial charge < -0.3 is 10.1 Å². The number of hydrogen-bond acceptors (Lipinski definition) is 2. The molecule has 0 radical (unpaired) electrons. The average Bonchev–Trinajstić information content (AvgIpc) is 2.45. The van der Waals surface area contributed by atoms with E-state index in [0.717, 1.165) is 37.7 Å². The van der Waals surface area contributed by atoms with Crippen molar-refractivity contribution in [3.63, 3.8) is 0 Å². The van der Waals surface area contributed by atoms with Crippen LogP contribution in [-0.4, -0.2) is 26.3 Å². The van der Waals surface area contributed by atoms with Crippen molar-refractivity contribution in [1.29, 1.82) is 0 Å². The maximum atomic E-state index is 12.7. The number of likely N-dealkylation sites (N-methyl/N-ethyl adjacent to an activating group) is 1. The molecule has 1 N–H and O–H groups in total. The summed E-state index contributed by atoms with van der Waals surface area (Å²) in [6.45, 7) is 1.48. The minimum Gasteiger partial charge on any atom is -0.381 e. The van der Waals surface area contributed by atoms with Crippen molar-refractivity contribution < 1.29 is 17.9 Å². The Labute approximate surface area is 117 Å². The number of hydrogen-bond donors (Lipinski definition) is 1. The molecule has 112 valence electrons. The number of nitrogens with one attached hydrogen (secondary N) is 1. The summed E-state index contributed by atoms with van der Waals surface area (Å²) in [5.74, 6) is 0.461. The van der Waals surface area contributed by atoms with Crippen LogP contribution < -0.4 is 5.32 Å². The first-order valence-electron chi connectivity index (χ1n) is 6.92. The SMILES string of the molecule is CNC(Cc1cccc(C(F)(F)F)c1)C1CCOCC1. The molecular weight excluding hydrogens is 267 g/mol. The van der Waals surface area contributed by atoms with Gasteiger partial charge in [-0.3, -0.25) is 0 Å². The third kappa shape index (κ3) is 3.96. The molecule has 1 aromatic rings. The Morgan fingerprint density at radius 2 is 2.00 bits per heavy atom. The molecule has 0 aromatic heterocycles. The van der Waals surface area contributed by atoms with Crippen molar-refractivity contribution in [2.45, 2.75) is 31.5 Å². The molecule has 1 aliphatic rings. The number of benzene rings is 1. The van der Waals surface area contributed by atoms with Crippen LogP contribution in [0.1, 0.15) is 24.0 Å². The topological polar surface area (TPSA) is 21.3 Å². The summed E-state index contributed by atoms with van der Waals surface area (Å²) in [5.41, 5.74) is 0.155. The molecule has 0 amide bonds. The van der Waals surface area contributed by atoms with Gasteiger partial charge in [0.25, 0.3) is 0 Å². The standard InChI is InChI=1S/C15H20F3NO/c1-19-14(12-5-7-20-8-6-12)10-11-3-2-4-13(9-11)15(16,17)18/h2-4,9,12,14,19H,5-8,10H2,1H3. The number of rotatable bonds is 4. The molecule has 1 unspecified atom stereocenters. The Balaban J connectivity index is 2.07. The van der Waals surface area contributed by atoms with Gasteiger partial charge in [-0.1, -0.05) is 18.2 Å². The van der Waals surface area contributed by atoms with E-state index >= 15 is 0 Å². The van der Waals surface area contributed by atoms with E-state index in [-0.39, 0.29) is 6.04 Å². The third-order valence-corrected chi connectivity index (χ3v) is 3.92. The molecule has 2 nitrogen and oxygen atoms in total. The van der Waals surface area contributed by atoms with Crippen LogP contribution in [0.15, 0.2) is 24.3 Å². The highest BCUT2D eigenvalue weighted by molar-refractivity contribution is 5.26. The molecule has 1 aromatic carbocycles. The summed E-state index contributed by atoms with van der Waals surface area (Å²) < 4.78 is 43.5. The lowest BCUT2D eigenvalue weighted by atomic mass is 9.87. The Morgan fingerprint density at radius 3 is 2.60 bits per heavy atom. The molecule has 1 atom stereocenters. The van der Waals surface area contributed by atoms with E-state index in [1.165, 1.54) is 12.1 Å². The Hall–Kier alpha value is -1.07. The zero-order chi connectivity index (χ0) is 14.6. The number of alkyl halides is 3. The Bertz CT molecular complexity index is 427. The van der Waals surface area contributed by atoms with Gasteiger partial charge in [0.15, 0.2) is 0 Å². The fourth-order valence-electron chi connectivity index (χ4n) is 2.75. The summed E-state index contributed by atoms with van der Waals surface area (Å²) >= 11 is 0. The van der Waals surface area contributed by atoms with Crippen molar-refractivity contribution in [2.24, 2.45) is 5.92 Å². The number of ether oxygens (including phenoxy) is 1. The molecule has 2 rings (SSSR count).